The zero-order valence-corrected chi connectivity index (χ0v) is 15.2. The fourth-order valence-electron chi connectivity index (χ4n) is 3.79. The van der Waals surface area contributed by atoms with E-state index in [0.29, 0.717) is 13.1 Å². The lowest BCUT2D eigenvalue weighted by atomic mass is 10.1. The van der Waals surface area contributed by atoms with E-state index in [2.05, 4.69) is 19.9 Å². The Hall–Kier alpha value is -2.20. The molecule has 1 aliphatic carbocycles. The maximum Gasteiger partial charge on any atom is 0.223 e. The van der Waals surface area contributed by atoms with Crippen LogP contribution in [0.5, 0.6) is 0 Å². The fourth-order valence-corrected chi connectivity index (χ4v) is 4.34. The lowest BCUT2D eigenvalue weighted by Gasteiger charge is -2.43. The third-order valence-corrected chi connectivity index (χ3v) is 6.09. The molecule has 0 aromatic carbocycles. The normalized spacial score (nSPS) is 19.3. The van der Waals surface area contributed by atoms with Gasteiger partial charge in [-0.15, -0.1) is 0 Å². The second kappa shape index (κ2) is 6.20. The van der Waals surface area contributed by atoms with Crippen LogP contribution in [-0.4, -0.2) is 65.1 Å². The van der Waals surface area contributed by atoms with E-state index in [1.165, 1.54) is 0 Å². The molecule has 4 rings (SSSR count). The Morgan fingerprint density at radius 3 is 2.85 bits per heavy atom. The molecule has 10 heteroatoms. The van der Waals surface area contributed by atoms with Gasteiger partial charge in [-0.05, 0) is 25.3 Å². The quantitative estimate of drug-likeness (QED) is 0.766. The molecule has 1 amide bonds. The molecule has 0 bridgehead atoms. The number of rotatable bonds is 5. The average Bonchev–Trinajstić information content (AvgIpc) is 3.16. The summed E-state index contributed by atoms with van der Waals surface area (Å²) in [6.45, 7) is 2.05. The minimum atomic E-state index is -3.52. The number of H-pyrrole nitrogens is 1. The van der Waals surface area contributed by atoms with Crippen LogP contribution in [0.15, 0.2) is 18.6 Å². The number of aromatic nitrogens is 3. The Bertz CT molecular complexity index is 936. The summed E-state index contributed by atoms with van der Waals surface area (Å²) >= 11 is 0. The number of aromatic amines is 1. The van der Waals surface area contributed by atoms with Gasteiger partial charge in [0, 0.05) is 32.3 Å². The molecule has 26 heavy (non-hydrogen) atoms. The van der Waals surface area contributed by atoms with Gasteiger partial charge in [0.15, 0.2) is 0 Å². The molecule has 9 nitrogen and oxygen atoms in total. The molecule has 1 saturated carbocycles. The molecule has 140 valence electrons. The Kier molecular flexibility index (Phi) is 4.11. The second-order valence-corrected chi connectivity index (χ2v) is 8.83. The van der Waals surface area contributed by atoms with E-state index in [0.717, 1.165) is 36.2 Å². The number of hydrogen-bond acceptors (Lipinski definition) is 6. The van der Waals surface area contributed by atoms with Crippen molar-refractivity contribution in [3.05, 3.63) is 18.6 Å². The van der Waals surface area contributed by atoms with Crippen LogP contribution < -0.4 is 10.0 Å². The number of nitrogens with two attached hydrogens (primary N) is 1. The summed E-state index contributed by atoms with van der Waals surface area (Å²) in [6, 6.07) is 1.97. The van der Waals surface area contributed by atoms with Gasteiger partial charge in [0.25, 0.3) is 0 Å². The molecule has 0 atom stereocenters. The molecule has 2 aromatic heterocycles. The first-order chi connectivity index (χ1) is 12.4. The van der Waals surface area contributed by atoms with Gasteiger partial charge < -0.3 is 14.8 Å². The molecular weight excluding hydrogens is 356 g/mol. The smallest absolute Gasteiger partial charge is 0.223 e. The van der Waals surface area contributed by atoms with E-state index in [-0.39, 0.29) is 30.0 Å². The zero-order valence-electron chi connectivity index (χ0n) is 14.4. The van der Waals surface area contributed by atoms with Crippen molar-refractivity contribution in [1.82, 2.24) is 19.9 Å². The lowest BCUT2D eigenvalue weighted by Crippen LogP contribution is -2.57. The van der Waals surface area contributed by atoms with Crippen LogP contribution in [-0.2, 0) is 14.8 Å². The maximum atomic E-state index is 12.6. The van der Waals surface area contributed by atoms with Crippen LogP contribution in [0.4, 0.5) is 5.82 Å². The van der Waals surface area contributed by atoms with E-state index in [1.807, 2.05) is 17.2 Å². The SMILES string of the molecule is NS(=O)(=O)CCCC(=O)N1CCN(c2ncnc3[nH]ccc23)CC12CC2. The number of hydrogen-bond donors (Lipinski definition) is 2. The lowest BCUT2D eigenvalue weighted by molar-refractivity contribution is -0.134. The van der Waals surface area contributed by atoms with Crippen molar-refractivity contribution in [1.29, 1.82) is 0 Å². The van der Waals surface area contributed by atoms with E-state index in [4.69, 9.17) is 5.14 Å². The van der Waals surface area contributed by atoms with Crippen molar-refractivity contribution in [2.24, 2.45) is 5.14 Å². The molecule has 3 heterocycles. The molecular formula is C16H22N6O3S. The Morgan fingerprint density at radius 2 is 2.12 bits per heavy atom. The molecule has 0 unspecified atom stereocenters. The van der Waals surface area contributed by atoms with Gasteiger partial charge in [0.2, 0.25) is 15.9 Å². The van der Waals surface area contributed by atoms with Crippen LogP contribution >= 0.6 is 0 Å². The van der Waals surface area contributed by atoms with Gasteiger partial charge in [-0.2, -0.15) is 0 Å². The number of carbonyl (C=O) groups is 1. The highest BCUT2D eigenvalue weighted by atomic mass is 32.2. The first-order valence-electron chi connectivity index (χ1n) is 8.72. The van der Waals surface area contributed by atoms with Crippen molar-refractivity contribution in [3.63, 3.8) is 0 Å². The molecule has 2 aromatic rings. The molecule has 0 radical (unpaired) electrons. The summed E-state index contributed by atoms with van der Waals surface area (Å²) in [7, 11) is -3.52. The Morgan fingerprint density at radius 1 is 1.31 bits per heavy atom. The van der Waals surface area contributed by atoms with E-state index >= 15 is 0 Å². The number of amides is 1. The molecule has 2 fully saturated rings. The summed E-state index contributed by atoms with van der Waals surface area (Å²) in [4.78, 5) is 28.5. The number of nitrogens with one attached hydrogen (secondary N) is 1. The summed E-state index contributed by atoms with van der Waals surface area (Å²) in [5, 5.41) is 5.99. The van der Waals surface area contributed by atoms with Crippen molar-refractivity contribution >= 4 is 32.8 Å². The Balaban J connectivity index is 1.46. The van der Waals surface area contributed by atoms with Crippen molar-refractivity contribution < 1.29 is 13.2 Å². The topological polar surface area (TPSA) is 125 Å². The number of fused-ring (bicyclic) bond motifs is 1. The van der Waals surface area contributed by atoms with Gasteiger partial charge in [-0.1, -0.05) is 0 Å². The monoisotopic (exact) mass is 378 g/mol. The predicted octanol–water partition coefficient (Wildman–Crippen LogP) is 0.208. The number of primary sulfonamides is 1. The zero-order chi connectivity index (χ0) is 18.4. The minimum Gasteiger partial charge on any atom is -0.352 e. The maximum absolute atomic E-state index is 12.6. The van der Waals surface area contributed by atoms with Crippen LogP contribution in [0.25, 0.3) is 11.0 Å². The highest BCUT2D eigenvalue weighted by molar-refractivity contribution is 7.89. The summed E-state index contributed by atoms with van der Waals surface area (Å²) in [5.74, 6) is 0.752. The number of anilines is 1. The molecule has 2 aliphatic rings. The summed E-state index contributed by atoms with van der Waals surface area (Å²) < 4.78 is 22.1. The largest absolute Gasteiger partial charge is 0.352 e. The van der Waals surface area contributed by atoms with Crippen molar-refractivity contribution in [3.8, 4) is 0 Å². The van der Waals surface area contributed by atoms with Crippen molar-refractivity contribution in [2.45, 2.75) is 31.2 Å². The van der Waals surface area contributed by atoms with E-state index in [1.54, 1.807) is 6.33 Å². The van der Waals surface area contributed by atoms with E-state index < -0.39 is 10.0 Å². The number of carbonyl (C=O) groups excluding carboxylic acids is 1. The predicted molar refractivity (Wildman–Crippen MR) is 97.0 cm³/mol. The highest BCUT2D eigenvalue weighted by Gasteiger charge is 2.53. The van der Waals surface area contributed by atoms with Gasteiger partial charge in [0.05, 0.1) is 16.7 Å². The Labute approximate surface area is 151 Å². The molecule has 1 spiro atoms. The highest BCUT2D eigenvalue weighted by Crippen LogP contribution is 2.45. The van der Waals surface area contributed by atoms with E-state index in [9.17, 15) is 13.2 Å². The molecule has 3 N–H and O–H groups in total. The van der Waals surface area contributed by atoms with Gasteiger partial charge in [-0.3, -0.25) is 4.79 Å². The fraction of sp³-hybridized carbons (Fsp3) is 0.562. The third-order valence-electron chi connectivity index (χ3n) is 5.23. The molecule has 1 aliphatic heterocycles. The van der Waals surface area contributed by atoms with Crippen LogP contribution in [0.1, 0.15) is 25.7 Å². The van der Waals surface area contributed by atoms with Gasteiger partial charge in [-0.25, -0.2) is 23.5 Å². The van der Waals surface area contributed by atoms with Crippen LogP contribution in [0, 0.1) is 0 Å². The van der Waals surface area contributed by atoms with Gasteiger partial charge >= 0.3 is 0 Å². The van der Waals surface area contributed by atoms with Gasteiger partial charge in [0.1, 0.15) is 17.8 Å². The van der Waals surface area contributed by atoms with Crippen LogP contribution in [0.2, 0.25) is 0 Å². The third kappa shape index (κ3) is 3.26. The number of piperazine rings is 1. The average molecular weight is 378 g/mol. The van der Waals surface area contributed by atoms with Crippen molar-refractivity contribution in [2.75, 3.05) is 30.3 Å². The standard InChI is InChI=1S/C16H22N6O3S/c17-26(24,25)9-1-2-13(23)22-8-7-21(10-16(22)4-5-16)15-12-3-6-18-14(12)19-11-20-15/h3,6,11H,1-2,4-5,7-10H2,(H2,17,24,25)(H,18,19,20). The number of sulfonamides is 1. The first kappa shape index (κ1) is 17.2. The summed E-state index contributed by atoms with van der Waals surface area (Å²) in [5.41, 5.74) is 0.658. The minimum absolute atomic E-state index is 0.0141. The summed E-state index contributed by atoms with van der Waals surface area (Å²) in [6.07, 6.45) is 5.81. The first-order valence-corrected chi connectivity index (χ1v) is 10.4. The number of nitrogens with zero attached hydrogens (tertiary/aromatic N) is 4. The molecule has 1 saturated heterocycles. The second-order valence-electron chi connectivity index (χ2n) is 7.10. The van der Waals surface area contributed by atoms with Crippen LogP contribution in [0.3, 0.4) is 0 Å².